The lowest BCUT2D eigenvalue weighted by atomic mass is 9.88. The van der Waals surface area contributed by atoms with Gasteiger partial charge in [0, 0.05) is 49.4 Å². The summed E-state index contributed by atoms with van der Waals surface area (Å²) in [5.41, 5.74) is 3.11. The van der Waals surface area contributed by atoms with Gasteiger partial charge in [0.25, 0.3) is 0 Å². The molecule has 1 unspecified atom stereocenters. The Morgan fingerprint density at radius 1 is 1.11 bits per heavy atom. The number of aliphatic imine (C=N–C) groups is 1. The fourth-order valence-electron chi connectivity index (χ4n) is 4.39. The predicted octanol–water partition coefficient (Wildman–Crippen LogP) is 2.05. The first-order valence-corrected chi connectivity index (χ1v) is 9.53. The number of morpholine rings is 1. The first kappa shape index (κ1) is 16.7. The third-order valence-electron chi connectivity index (χ3n) is 5.87. The molecular formula is C21H23N3O3. The molecule has 0 spiro atoms. The average molecular weight is 365 g/mol. The van der Waals surface area contributed by atoms with E-state index in [4.69, 9.17) is 9.73 Å². The van der Waals surface area contributed by atoms with Gasteiger partial charge in [-0.05, 0) is 31.2 Å². The normalized spacial score (nSPS) is 27.6. The van der Waals surface area contributed by atoms with E-state index in [1.807, 2.05) is 30.0 Å². The van der Waals surface area contributed by atoms with Gasteiger partial charge in [0.2, 0.25) is 5.78 Å². The SMILES string of the molecule is CC1=CC2=C(C1)N=C1N(c3ccc(N4CCOCC4)cc3)CCC1(O)C2=O. The zero-order valence-corrected chi connectivity index (χ0v) is 15.4. The van der Waals surface area contributed by atoms with Crippen LogP contribution in [0.4, 0.5) is 11.4 Å². The molecule has 1 aliphatic carbocycles. The smallest absolute Gasteiger partial charge is 0.204 e. The molecule has 6 nitrogen and oxygen atoms in total. The molecule has 2 saturated heterocycles. The van der Waals surface area contributed by atoms with Crippen LogP contribution in [-0.2, 0) is 9.53 Å². The van der Waals surface area contributed by atoms with Gasteiger partial charge in [0.15, 0.2) is 5.60 Å². The second kappa shape index (κ2) is 6.04. The fourth-order valence-corrected chi connectivity index (χ4v) is 4.39. The van der Waals surface area contributed by atoms with Gasteiger partial charge in [-0.25, -0.2) is 4.99 Å². The highest BCUT2D eigenvalue weighted by Gasteiger charge is 2.53. The van der Waals surface area contributed by atoms with E-state index < -0.39 is 5.60 Å². The van der Waals surface area contributed by atoms with E-state index in [9.17, 15) is 9.90 Å². The molecule has 1 aromatic rings. The topological polar surface area (TPSA) is 65.4 Å². The van der Waals surface area contributed by atoms with E-state index in [1.165, 1.54) is 5.69 Å². The summed E-state index contributed by atoms with van der Waals surface area (Å²) in [5, 5.41) is 11.1. The van der Waals surface area contributed by atoms with Crippen LogP contribution in [0.15, 0.2) is 52.2 Å². The number of hydrogen-bond donors (Lipinski definition) is 1. The maximum absolute atomic E-state index is 12.9. The molecule has 0 amide bonds. The second-order valence-corrected chi connectivity index (χ2v) is 7.67. The summed E-state index contributed by atoms with van der Waals surface area (Å²) in [6.45, 7) is 5.88. The van der Waals surface area contributed by atoms with E-state index in [0.717, 1.165) is 43.3 Å². The van der Waals surface area contributed by atoms with Crippen LogP contribution < -0.4 is 9.80 Å². The van der Waals surface area contributed by atoms with Crippen molar-refractivity contribution in [3.8, 4) is 0 Å². The summed E-state index contributed by atoms with van der Waals surface area (Å²) in [5.74, 6) is 0.278. The van der Waals surface area contributed by atoms with Crippen LogP contribution in [-0.4, -0.2) is 55.2 Å². The molecular weight excluding hydrogens is 342 g/mol. The van der Waals surface area contributed by atoms with Crippen LogP contribution in [0.5, 0.6) is 0 Å². The van der Waals surface area contributed by atoms with Crippen molar-refractivity contribution in [2.75, 3.05) is 42.6 Å². The highest BCUT2D eigenvalue weighted by Crippen LogP contribution is 2.40. The second-order valence-electron chi connectivity index (χ2n) is 7.67. The zero-order valence-electron chi connectivity index (χ0n) is 15.4. The zero-order chi connectivity index (χ0) is 18.6. The number of hydrogen-bond acceptors (Lipinski definition) is 6. The third kappa shape index (κ3) is 2.55. The number of carbonyl (C=O) groups is 1. The van der Waals surface area contributed by atoms with E-state index >= 15 is 0 Å². The molecule has 4 aliphatic rings. The Bertz CT molecular complexity index is 894. The van der Waals surface area contributed by atoms with Crippen molar-refractivity contribution in [2.45, 2.75) is 25.4 Å². The number of fused-ring (bicyclic) bond motifs is 1. The fraction of sp³-hybridized carbons (Fsp3) is 0.429. The number of anilines is 2. The number of rotatable bonds is 2. The van der Waals surface area contributed by atoms with Gasteiger partial charge >= 0.3 is 0 Å². The molecule has 140 valence electrons. The summed E-state index contributed by atoms with van der Waals surface area (Å²) in [6.07, 6.45) is 2.93. The summed E-state index contributed by atoms with van der Waals surface area (Å²) >= 11 is 0. The van der Waals surface area contributed by atoms with Gasteiger partial charge in [0.05, 0.1) is 18.9 Å². The van der Waals surface area contributed by atoms with Crippen molar-refractivity contribution in [1.29, 1.82) is 0 Å². The number of allylic oxidation sites excluding steroid dienone is 2. The van der Waals surface area contributed by atoms with E-state index in [1.54, 1.807) is 0 Å². The van der Waals surface area contributed by atoms with Crippen molar-refractivity contribution in [3.63, 3.8) is 0 Å². The third-order valence-corrected chi connectivity index (χ3v) is 5.87. The molecule has 27 heavy (non-hydrogen) atoms. The van der Waals surface area contributed by atoms with Gasteiger partial charge in [-0.15, -0.1) is 0 Å². The number of Topliss-reactive ketones (excluding diaryl/α,β-unsaturated/α-hetero) is 1. The lowest BCUT2D eigenvalue weighted by Crippen LogP contribution is -2.49. The summed E-state index contributed by atoms with van der Waals surface area (Å²) in [6, 6.07) is 8.28. The number of carbonyl (C=O) groups excluding carboxylic acids is 1. The maximum Gasteiger partial charge on any atom is 0.204 e. The van der Waals surface area contributed by atoms with Crippen LogP contribution in [0.25, 0.3) is 0 Å². The molecule has 6 heteroatoms. The Morgan fingerprint density at radius 3 is 2.56 bits per heavy atom. The molecule has 2 fully saturated rings. The summed E-state index contributed by atoms with van der Waals surface area (Å²) in [7, 11) is 0. The van der Waals surface area contributed by atoms with Crippen molar-refractivity contribution < 1.29 is 14.6 Å². The van der Waals surface area contributed by atoms with Crippen molar-refractivity contribution >= 4 is 23.0 Å². The molecule has 1 atom stereocenters. The van der Waals surface area contributed by atoms with E-state index in [0.29, 0.717) is 30.8 Å². The van der Waals surface area contributed by atoms with E-state index in [2.05, 4.69) is 17.0 Å². The first-order chi connectivity index (χ1) is 13.1. The monoisotopic (exact) mass is 365 g/mol. The van der Waals surface area contributed by atoms with Crippen LogP contribution in [0.2, 0.25) is 0 Å². The van der Waals surface area contributed by atoms with Gasteiger partial charge < -0.3 is 19.6 Å². The van der Waals surface area contributed by atoms with E-state index in [-0.39, 0.29) is 5.78 Å². The number of nitrogens with zero attached hydrogens (tertiary/aromatic N) is 3. The van der Waals surface area contributed by atoms with Crippen molar-refractivity contribution in [2.24, 2.45) is 4.99 Å². The Hall–Kier alpha value is -2.44. The molecule has 1 N–H and O–H groups in total. The number of amidine groups is 1. The minimum Gasteiger partial charge on any atom is -0.378 e. The Morgan fingerprint density at radius 2 is 1.81 bits per heavy atom. The molecule has 0 aromatic heterocycles. The van der Waals surface area contributed by atoms with Gasteiger partial charge in [-0.1, -0.05) is 11.6 Å². The molecule has 0 saturated carbocycles. The predicted molar refractivity (Wildman–Crippen MR) is 104 cm³/mol. The Labute approximate surface area is 158 Å². The van der Waals surface area contributed by atoms with Gasteiger partial charge in [0.1, 0.15) is 5.84 Å². The minimum absolute atomic E-state index is 0.202. The highest BCUT2D eigenvalue weighted by molar-refractivity contribution is 6.27. The summed E-state index contributed by atoms with van der Waals surface area (Å²) < 4.78 is 5.41. The number of ketones is 1. The van der Waals surface area contributed by atoms with Crippen molar-refractivity contribution in [1.82, 2.24) is 0 Å². The number of ether oxygens (including phenoxy) is 1. The lowest BCUT2D eigenvalue weighted by molar-refractivity contribution is -0.126. The average Bonchev–Trinajstić information content (AvgIpc) is 3.23. The van der Waals surface area contributed by atoms with Crippen molar-refractivity contribution in [3.05, 3.63) is 47.2 Å². The number of aliphatic hydroxyl groups is 1. The Kier molecular flexibility index (Phi) is 3.74. The number of benzene rings is 1. The summed E-state index contributed by atoms with van der Waals surface area (Å²) in [4.78, 5) is 21.9. The van der Waals surface area contributed by atoms with Crippen LogP contribution >= 0.6 is 0 Å². The van der Waals surface area contributed by atoms with Gasteiger partial charge in [-0.3, -0.25) is 4.79 Å². The quantitative estimate of drug-likeness (QED) is 0.869. The minimum atomic E-state index is -1.50. The lowest BCUT2D eigenvalue weighted by Gasteiger charge is -2.31. The first-order valence-electron chi connectivity index (χ1n) is 9.53. The molecule has 3 aliphatic heterocycles. The largest absolute Gasteiger partial charge is 0.378 e. The standard InChI is InChI=1S/C21H23N3O3/c1-14-12-17-18(13-14)22-20-21(26,19(17)25)6-7-24(20)16-4-2-15(3-5-16)23-8-10-27-11-9-23/h2-5,12,26H,6-11,13H2,1H3. The van der Waals surface area contributed by atoms with Gasteiger partial charge in [-0.2, -0.15) is 0 Å². The maximum atomic E-state index is 12.9. The van der Waals surface area contributed by atoms with Crippen LogP contribution in [0.3, 0.4) is 0 Å². The molecule has 3 heterocycles. The molecule has 1 aromatic carbocycles. The highest BCUT2D eigenvalue weighted by atomic mass is 16.5. The van der Waals surface area contributed by atoms with Crippen LogP contribution in [0, 0.1) is 0 Å². The molecule has 0 bridgehead atoms. The Balaban J connectivity index is 1.45. The van der Waals surface area contributed by atoms with Crippen LogP contribution in [0.1, 0.15) is 19.8 Å². The molecule has 0 radical (unpaired) electrons. The molecule has 5 rings (SSSR count).